The van der Waals surface area contributed by atoms with Crippen LogP contribution in [0.15, 0.2) is 140 Å². The van der Waals surface area contributed by atoms with Gasteiger partial charge in [0.25, 0.3) is 0 Å². The lowest BCUT2D eigenvalue weighted by Gasteiger charge is -2.13. The summed E-state index contributed by atoms with van der Waals surface area (Å²) in [5, 5.41) is 7.57. The van der Waals surface area contributed by atoms with Gasteiger partial charge in [-0.15, -0.1) is 0 Å². The van der Waals surface area contributed by atoms with E-state index in [1.165, 1.54) is 59.9 Å². The van der Waals surface area contributed by atoms with E-state index in [-0.39, 0.29) is 0 Å². The van der Waals surface area contributed by atoms with Crippen molar-refractivity contribution in [1.29, 1.82) is 0 Å². The van der Waals surface area contributed by atoms with Gasteiger partial charge in [-0.1, -0.05) is 91.0 Å². The van der Waals surface area contributed by atoms with Crippen LogP contribution in [-0.4, -0.2) is 14.0 Å². The fraction of sp³-hybridized carbons (Fsp3) is 0. The zero-order chi connectivity index (χ0) is 26.2. The lowest BCUT2D eigenvalue weighted by molar-refractivity contribution is 1.18. The monoisotopic (exact) mass is 509 g/mol. The van der Waals surface area contributed by atoms with Crippen molar-refractivity contribution in [2.75, 3.05) is 0 Å². The largest absolute Gasteiger partial charge is 0.307 e. The number of hydrogen-bond acceptors (Lipinski definition) is 1. The van der Waals surface area contributed by atoms with E-state index in [4.69, 9.17) is 0 Å². The minimum atomic E-state index is 1.11. The second-order valence-corrected chi connectivity index (χ2v) is 10.5. The first kappa shape index (κ1) is 21.5. The Morgan fingerprint density at radius 2 is 1.15 bits per heavy atom. The molecule has 4 aromatic heterocycles. The van der Waals surface area contributed by atoms with Crippen LogP contribution in [-0.2, 0) is 0 Å². The van der Waals surface area contributed by atoms with Gasteiger partial charge in [0, 0.05) is 50.6 Å². The van der Waals surface area contributed by atoms with Gasteiger partial charge >= 0.3 is 0 Å². The van der Waals surface area contributed by atoms with E-state index < -0.39 is 0 Å². The molecule has 0 atom stereocenters. The van der Waals surface area contributed by atoms with Crippen molar-refractivity contribution >= 4 is 59.9 Å². The van der Waals surface area contributed by atoms with Crippen molar-refractivity contribution in [2.45, 2.75) is 0 Å². The highest BCUT2D eigenvalue weighted by Crippen LogP contribution is 2.41. The summed E-state index contributed by atoms with van der Waals surface area (Å²) in [6.45, 7) is 0. The molecule has 0 aliphatic carbocycles. The van der Waals surface area contributed by atoms with E-state index in [1.54, 1.807) is 0 Å². The Morgan fingerprint density at radius 1 is 0.450 bits per heavy atom. The molecule has 5 aromatic carbocycles. The summed E-state index contributed by atoms with van der Waals surface area (Å²) in [5.74, 6) is 0. The highest BCUT2D eigenvalue weighted by atomic mass is 15.0. The molecule has 0 fully saturated rings. The number of aromatic nitrogens is 3. The molecule has 0 amide bonds. The number of hydrogen-bond donors (Lipinski definition) is 0. The van der Waals surface area contributed by atoms with Gasteiger partial charge in [-0.05, 0) is 47.3 Å². The van der Waals surface area contributed by atoms with Crippen molar-refractivity contribution < 1.29 is 0 Å². The van der Waals surface area contributed by atoms with Crippen LogP contribution < -0.4 is 0 Å². The van der Waals surface area contributed by atoms with E-state index in [9.17, 15) is 0 Å². The summed E-state index contributed by atoms with van der Waals surface area (Å²) in [6.07, 6.45) is 3.75. The maximum absolute atomic E-state index is 4.37. The first-order valence-electron chi connectivity index (χ1n) is 13.6. The Balaban J connectivity index is 1.51. The highest BCUT2D eigenvalue weighted by molar-refractivity contribution is 6.22. The molecule has 0 radical (unpaired) electrons. The maximum Gasteiger partial charge on any atom is 0.0788 e. The van der Waals surface area contributed by atoms with E-state index in [2.05, 4.69) is 135 Å². The molecule has 0 unspecified atom stereocenters. The quantitative estimate of drug-likeness (QED) is 0.213. The molecule has 9 aromatic rings. The van der Waals surface area contributed by atoms with Crippen molar-refractivity contribution in [3.8, 4) is 16.8 Å². The number of rotatable bonds is 2. The van der Waals surface area contributed by atoms with Crippen LogP contribution in [0.2, 0.25) is 0 Å². The molecular formula is C37H23N3. The standard InChI is InChI=1S/C37H23N3/c1-2-14-30-28(12-1)29-13-3-6-17-34(29)40-35(30)22-25-18-19-32-31-15-4-5-16-33(31)39(37(32)36(25)40)27-11-7-9-24(21-27)26-10-8-20-38-23-26/h1-23H. The summed E-state index contributed by atoms with van der Waals surface area (Å²) < 4.78 is 4.93. The smallest absolute Gasteiger partial charge is 0.0788 e. The summed E-state index contributed by atoms with van der Waals surface area (Å²) in [5.41, 5.74) is 9.52. The minimum Gasteiger partial charge on any atom is -0.307 e. The number of nitrogens with zero attached hydrogens (tertiary/aromatic N) is 3. The Morgan fingerprint density at radius 3 is 1.95 bits per heavy atom. The maximum atomic E-state index is 4.37. The molecule has 40 heavy (non-hydrogen) atoms. The van der Waals surface area contributed by atoms with Gasteiger partial charge in [-0.25, -0.2) is 0 Å². The molecule has 186 valence electrons. The van der Waals surface area contributed by atoms with E-state index in [0.717, 1.165) is 16.8 Å². The van der Waals surface area contributed by atoms with Crippen LogP contribution in [0, 0.1) is 0 Å². The average Bonchev–Trinajstić information content (AvgIpc) is 3.58. The molecule has 0 aliphatic heterocycles. The lowest BCUT2D eigenvalue weighted by Crippen LogP contribution is -1.97. The molecule has 4 heterocycles. The van der Waals surface area contributed by atoms with E-state index in [1.807, 2.05) is 18.5 Å². The van der Waals surface area contributed by atoms with Gasteiger partial charge in [0.1, 0.15) is 0 Å². The van der Waals surface area contributed by atoms with Crippen LogP contribution in [0.3, 0.4) is 0 Å². The Kier molecular flexibility index (Phi) is 4.33. The summed E-state index contributed by atoms with van der Waals surface area (Å²) in [6, 6.07) is 46.2. The Bertz CT molecular complexity index is 2430. The second kappa shape index (κ2) is 8.05. The van der Waals surface area contributed by atoms with Crippen molar-refractivity contribution in [1.82, 2.24) is 14.0 Å². The topological polar surface area (TPSA) is 22.2 Å². The third kappa shape index (κ3) is 2.86. The Labute approximate surface area is 230 Å². The summed E-state index contributed by atoms with van der Waals surface area (Å²) >= 11 is 0. The lowest BCUT2D eigenvalue weighted by atomic mass is 10.1. The first-order chi connectivity index (χ1) is 19.9. The number of pyridine rings is 2. The van der Waals surface area contributed by atoms with Gasteiger partial charge in [-0.2, -0.15) is 0 Å². The molecule has 0 saturated carbocycles. The molecule has 9 rings (SSSR count). The number of para-hydroxylation sites is 2. The molecule has 0 spiro atoms. The fourth-order valence-electron chi connectivity index (χ4n) is 6.65. The summed E-state index contributed by atoms with van der Waals surface area (Å²) in [4.78, 5) is 4.37. The van der Waals surface area contributed by atoms with Crippen molar-refractivity contribution in [3.63, 3.8) is 0 Å². The van der Waals surface area contributed by atoms with Crippen LogP contribution in [0.4, 0.5) is 0 Å². The zero-order valence-corrected chi connectivity index (χ0v) is 21.6. The fourth-order valence-corrected chi connectivity index (χ4v) is 6.65. The normalized spacial score (nSPS) is 12.0. The average molecular weight is 510 g/mol. The molecule has 3 heteroatoms. The third-order valence-electron chi connectivity index (χ3n) is 8.34. The van der Waals surface area contributed by atoms with Gasteiger partial charge in [0.2, 0.25) is 0 Å². The van der Waals surface area contributed by atoms with E-state index in [0.29, 0.717) is 0 Å². The van der Waals surface area contributed by atoms with Crippen LogP contribution in [0.5, 0.6) is 0 Å². The van der Waals surface area contributed by atoms with Crippen molar-refractivity contribution in [3.05, 3.63) is 140 Å². The van der Waals surface area contributed by atoms with Crippen LogP contribution in [0.25, 0.3) is 76.7 Å². The highest BCUT2D eigenvalue weighted by Gasteiger charge is 2.20. The van der Waals surface area contributed by atoms with Crippen molar-refractivity contribution in [2.24, 2.45) is 0 Å². The van der Waals surface area contributed by atoms with Gasteiger partial charge in [0.15, 0.2) is 0 Å². The SMILES string of the molecule is c1cncc(-c2cccc(-n3c4ccccc4c4ccc5cc6c7ccccc7c7ccccc7n6c5c43)c2)c1. The zero-order valence-electron chi connectivity index (χ0n) is 21.6. The molecular weight excluding hydrogens is 486 g/mol. The van der Waals surface area contributed by atoms with Gasteiger partial charge in [-0.3, -0.25) is 4.98 Å². The number of fused-ring (bicyclic) bond motifs is 12. The predicted octanol–water partition coefficient (Wildman–Crippen LogP) is 9.56. The van der Waals surface area contributed by atoms with E-state index >= 15 is 0 Å². The van der Waals surface area contributed by atoms with Gasteiger partial charge < -0.3 is 8.97 Å². The Hall–Kier alpha value is -5.41. The molecule has 0 aliphatic rings. The number of benzene rings is 5. The molecule has 3 nitrogen and oxygen atoms in total. The second-order valence-electron chi connectivity index (χ2n) is 10.5. The summed E-state index contributed by atoms with van der Waals surface area (Å²) in [7, 11) is 0. The first-order valence-corrected chi connectivity index (χ1v) is 13.6. The molecule has 0 N–H and O–H groups in total. The predicted molar refractivity (Wildman–Crippen MR) is 167 cm³/mol. The third-order valence-corrected chi connectivity index (χ3v) is 8.34. The minimum absolute atomic E-state index is 1.11. The van der Waals surface area contributed by atoms with Crippen LogP contribution >= 0.6 is 0 Å². The van der Waals surface area contributed by atoms with Crippen LogP contribution in [0.1, 0.15) is 0 Å². The van der Waals surface area contributed by atoms with Gasteiger partial charge in [0.05, 0.1) is 27.6 Å². The molecule has 0 saturated heterocycles. The molecule has 0 bridgehead atoms.